The number of ether oxygens (including phenoxy) is 1. The van der Waals surface area contributed by atoms with Crippen LogP contribution in [0.1, 0.15) is 66.0 Å². The van der Waals surface area contributed by atoms with Crippen LogP contribution in [0.4, 0.5) is 0 Å². The Hall–Kier alpha value is -3.06. The van der Waals surface area contributed by atoms with Crippen molar-refractivity contribution in [1.29, 1.82) is 0 Å². The van der Waals surface area contributed by atoms with E-state index >= 15 is 0 Å². The zero-order valence-corrected chi connectivity index (χ0v) is 21.9. The molecule has 0 bridgehead atoms. The third-order valence-electron chi connectivity index (χ3n) is 8.19. The van der Waals surface area contributed by atoms with E-state index < -0.39 is 0 Å². The van der Waals surface area contributed by atoms with Crippen molar-refractivity contribution in [3.63, 3.8) is 0 Å². The Morgan fingerprint density at radius 2 is 1.89 bits per heavy atom. The predicted octanol–water partition coefficient (Wildman–Crippen LogP) is 4.57. The molecular weight excluding hydrogens is 452 g/mol. The van der Waals surface area contributed by atoms with Gasteiger partial charge < -0.3 is 24.5 Å². The molecule has 2 aromatic heterocycles. The number of likely N-dealkylation sites (tertiary alicyclic amines) is 1. The minimum Gasteiger partial charge on any atom is -0.496 e. The number of para-hydroxylation sites is 1. The quantitative estimate of drug-likeness (QED) is 0.485. The van der Waals surface area contributed by atoms with Crippen molar-refractivity contribution in [2.75, 3.05) is 26.7 Å². The number of carbonyl (C=O) groups is 1. The monoisotopic (exact) mass is 490 g/mol. The lowest BCUT2D eigenvalue weighted by Crippen LogP contribution is -2.37. The van der Waals surface area contributed by atoms with Crippen LogP contribution < -0.4 is 15.6 Å². The standard InChI is InChI=1S/C29H38N4O3/c1-18-15-26(36-4)24(28(34)31-18)16-30-29(35)27-20(3)33(25-8-6-5-7-23(25)27)19(2)22-11-13-32(14-12-22)17-21-9-10-21/h5-8,15,19,21-22H,9-14,16-17H2,1-4H3,(H,30,35)(H,31,34)/t19-/m1/s1. The van der Waals surface area contributed by atoms with Gasteiger partial charge in [0.2, 0.25) is 0 Å². The van der Waals surface area contributed by atoms with Crippen molar-refractivity contribution in [2.24, 2.45) is 11.8 Å². The Bertz CT molecular complexity index is 1310. The molecule has 7 heteroatoms. The summed E-state index contributed by atoms with van der Waals surface area (Å²) in [6, 6.07) is 10.3. The first-order chi connectivity index (χ1) is 17.4. The van der Waals surface area contributed by atoms with Gasteiger partial charge in [0.1, 0.15) is 5.75 Å². The molecule has 36 heavy (non-hydrogen) atoms. The lowest BCUT2D eigenvalue weighted by Gasteiger charge is -2.36. The summed E-state index contributed by atoms with van der Waals surface area (Å²) in [6.45, 7) is 9.87. The van der Waals surface area contributed by atoms with Crippen LogP contribution in [0.15, 0.2) is 35.1 Å². The summed E-state index contributed by atoms with van der Waals surface area (Å²) < 4.78 is 7.76. The number of rotatable bonds is 8. The molecule has 1 amide bonds. The maximum absolute atomic E-state index is 13.5. The molecular formula is C29H38N4O3. The van der Waals surface area contributed by atoms with Crippen molar-refractivity contribution >= 4 is 16.8 Å². The van der Waals surface area contributed by atoms with Gasteiger partial charge in [-0.3, -0.25) is 9.59 Å². The van der Waals surface area contributed by atoms with E-state index in [4.69, 9.17) is 4.74 Å². The molecule has 1 aliphatic carbocycles. The van der Waals surface area contributed by atoms with Gasteiger partial charge in [0.25, 0.3) is 11.5 Å². The minimum atomic E-state index is -0.243. The number of fused-ring (bicyclic) bond motifs is 1. The molecule has 2 N–H and O–H groups in total. The molecule has 192 valence electrons. The zero-order valence-electron chi connectivity index (χ0n) is 21.9. The number of benzene rings is 1. The number of pyridine rings is 1. The van der Waals surface area contributed by atoms with Gasteiger partial charge in [0.15, 0.2) is 0 Å². The third-order valence-corrected chi connectivity index (χ3v) is 8.19. The molecule has 0 unspecified atom stereocenters. The van der Waals surface area contributed by atoms with E-state index in [1.807, 2.05) is 32.0 Å². The first-order valence-corrected chi connectivity index (χ1v) is 13.2. The van der Waals surface area contributed by atoms with Crippen LogP contribution in [0.25, 0.3) is 10.9 Å². The van der Waals surface area contributed by atoms with Gasteiger partial charge in [-0.2, -0.15) is 0 Å². The Balaban J connectivity index is 1.38. The van der Waals surface area contributed by atoms with Crippen LogP contribution in [0.5, 0.6) is 5.75 Å². The molecule has 2 aliphatic rings. The van der Waals surface area contributed by atoms with E-state index in [9.17, 15) is 9.59 Å². The largest absolute Gasteiger partial charge is 0.496 e. The van der Waals surface area contributed by atoms with Gasteiger partial charge in [-0.05, 0) is 83.5 Å². The Morgan fingerprint density at radius 3 is 2.58 bits per heavy atom. The SMILES string of the molecule is COc1cc(C)[nH]c(=O)c1CNC(=O)c1c(C)n([C@H](C)C2CCN(CC3CC3)CC2)c2ccccc12. The summed E-state index contributed by atoms with van der Waals surface area (Å²) in [4.78, 5) is 31.5. The van der Waals surface area contributed by atoms with Crippen LogP contribution in [0.2, 0.25) is 0 Å². The van der Waals surface area contributed by atoms with Crippen molar-refractivity contribution in [2.45, 2.75) is 59.0 Å². The number of nitrogens with one attached hydrogen (secondary N) is 2. The van der Waals surface area contributed by atoms with Gasteiger partial charge in [-0.1, -0.05) is 18.2 Å². The van der Waals surface area contributed by atoms with Gasteiger partial charge in [0, 0.05) is 34.9 Å². The van der Waals surface area contributed by atoms with E-state index in [2.05, 4.69) is 32.8 Å². The van der Waals surface area contributed by atoms with E-state index in [1.54, 1.807) is 6.07 Å². The summed E-state index contributed by atoms with van der Waals surface area (Å²) in [5.41, 5.74) is 3.66. The highest BCUT2D eigenvalue weighted by atomic mass is 16.5. The molecule has 3 aromatic rings. The number of aryl methyl sites for hydroxylation is 1. The predicted molar refractivity (Wildman–Crippen MR) is 143 cm³/mol. The van der Waals surface area contributed by atoms with E-state index in [0.717, 1.165) is 28.2 Å². The van der Waals surface area contributed by atoms with Gasteiger partial charge >= 0.3 is 0 Å². The van der Waals surface area contributed by atoms with Gasteiger partial charge in [-0.25, -0.2) is 0 Å². The Morgan fingerprint density at radius 1 is 1.17 bits per heavy atom. The number of hydrogen-bond donors (Lipinski definition) is 2. The summed E-state index contributed by atoms with van der Waals surface area (Å²) >= 11 is 0. The molecule has 0 radical (unpaired) electrons. The molecule has 5 rings (SSSR count). The molecule has 7 nitrogen and oxygen atoms in total. The smallest absolute Gasteiger partial charge is 0.256 e. The third kappa shape index (κ3) is 4.81. The second kappa shape index (κ2) is 10.1. The second-order valence-corrected chi connectivity index (χ2v) is 10.7. The number of aromatic nitrogens is 2. The fraction of sp³-hybridized carbons (Fsp3) is 0.517. The lowest BCUT2D eigenvalue weighted by atomic mass is 9.89. The number of amides is 1. The van der Waals surface area contributed by atoms with Crippen molar-refractivity contribution in [3.05, 3.63) is 63.2 Å². The van der Waals surface area contributed by atoms with Crippen molar-refractivity contribution in [1.82, 2.24) is 19.8 Å². The van der Waals surface area contributed by atoms with Gasteiger partial charge in [0.05, 0.1) is 24.8 Å². The molecule has 3 heterocycles. The fourth-order valence-electron chi connectivity index (χ4n) is 5.99. The highest BCUT2D eigenvalue weighted by Crippen LogP contribution is 2.37. The molecule has 1 atom stereocenters. The highest BCUT2D eigenvalue weighted by Gasteiger charge is 2.31. The highest BCUT2D eigenvalue weighted by molar-refractivity contribution is 6.08. The first-order valence-electron chi connectivity index (χ1n) is 13.2. The number of nitrogens with zero attached hydrogens (tertiary/aromatic N) is 2. The fourth-order valence-corrected chi connectivity index (χ4v) is 5.99. The molecule has 1 aliphatic heterocycles. The van der Waals surface area contributed by atoms with Crippen molar-refractivity contribution < 1.29 is 9.53 Å². The zero-order chi connectivity index (χ0) is 25.4. The van der Waals surface area contributed by atoms with Gasteiger partial charge in [-0.15, -0.1) is 0 Å². The molecule has 1 saturated carbocycles. The number of hydrogen-bond acceptors (Lipinski definition) is 4. The molecule has 2 fully saturated rings. The number of aromatic amines is 1. The topological polar surface area (TPSA) is 79.4 Å². The lowest BCUT2D eigenvalue weighted by molar-refractivity contribution is 0.0951. The van der Waals surface area contributed by atoms with Crippen molar-refractivity contribution in [3.8, 4) is 5.75 Å². The number of piperidine rings is 1. The summed E-state index contributed by atoms with van der Waals surface area (Å²) in [5.74, 6) is 1.83. The number of carbonyl (C=O) groups excluding carboxylic acids is 1. The summed E-state index contributed by atoms with van der Waals surface area (Å²) in [6.07, 6.45) is 5.19. The molecule has 1 aromatic carbocycles. The minimum absolute atomic E-state index is 0.103. The molecule has 0 spiro atoms. The van der Waals surface area contributed by atoms with E-state index in [1.165, 1.54) is 52.4 Å². The van der Waals surface area contributed by atoms with Crippen LogP contribution >= 0.6 is 0 Å². The van der Waals surface area contributed by atoms with E-state index in [0.29, 0.717) is 28.8 Å². The molecule has 1 saturated heterocycles. The maximum atomic E-state index is 13.5. The normalized spacial score (nSPS) is 17.9. The van der Waals surface area contributed by atoms with Crippen LogP contribution in [0, 0.1) is 25.7 Å². The van der Waals surface area contributed by atoms with Crippen LogP contribution in [-0.2, 0) is 6.54 Å². The second-order valence-electron chi connectivity index (χ2n) is 10.7. The van der Waals surface area contributed by atoms with Crippen LogP contribution in [0.3, 0.4) is 0 Å². The van der Waals surface area contributed by atoms with Crippen LogP contribution in [-0.4, -0.2) is 47.1 Å². The maximum Gasteiger partial charge on any atom is 0.256 e. The summed E-state index contributed by atoms with van der Waals surface area (Å²) in [7, 11) is 1.54. The first kappa shape index (κ1) is 24.6. The Kier molecular flexibility index (Phi) is 6.93. The average Bonchev–Trinajstić information content (AvgIpc) is 3.63. The average molecular weight is 491 g/mol. The van der Waals surface area contributed by atoms with E-state index in [-0.39, 0.29) is 18.0 Å². The summed E-state index contributed by atoms with van der Waals surface area (Å²) in [5, 5.41) is 3.94. The number of H-pyrrole nitrogens is 1. The number of methoxy groups -OCH3 is 1. The Labute approximate surface area is 212 Å².